The number of hydrogen-bond acceptors (Lipinski definition) is 4. The van der Waals surface area contributed by atoms with Gasteiger partial charge in [-0.15, -0.1) is 0 Å². The summed E-state index contributed by atoms with van der Waals surface area (Å²) in [7, 11) is 0. The maximum atomic E-state index is 11.0. The molecule has 2 fully saturated rings. The van der Waals surface area contributed by atoms with Crippen LogP contribution < -0.4 is 10.2 Å². The number of halogens is 1. The molecule has 2 aliphatic rings. The Bertz CT molecular complexity index is 532. The number of carboxylic acids is 1. The molecule has 0 aliphatic carbocycles. The topological polar surface area (TPSA) is 61.8 Å². The molecule has 0 bridgehead atoms. The highest BCUT2D eigenvalue weighted by atomic mass is 79.9. The maximum Gasteiger partial charge on any atom is 0.307 e. The molecule has 1 aromatic rings. The summed E-state index contributed by atoms with van der Waals surface area (Å²) in [4.78, 5) is 13.3. The molecule has 6 heteroatoms. The molecule has 0 amide bonds. The summed E-state index contributed by atoms with van der Waals surface area (Å²) in [5.74, 6) is -0.998. The third-order valence-corrected chi connectivity index (χ3v) is 4.84. The number of hydrogen-bond donors (Lipinski definition) is 2. The second-order valence-electron chi connectivity index (χ2n) is 5.54. The summed E-state index contributed by atoms with van der Waals surface area (Å²) in [5.41, 5.74) is 2.32. The van der Waals surface area contributed by atoms with Gasteiger partial charge in [0.25, 0.3) is 0 Å². The summed E-state index contributed by atoms with van der Waals surface area (Å²) in [6.45, 7) is 3.88. The number of carboxylic acid groups (broad SMARTS) is 1. The Morgan fingerprint density at radius 3 is 2.76 bits per heavy atom. The van der Waals surface area contributed by atoms with Gasteiger partial charge in [0.2, 0.25) is 0 Å². The predicted octanol–water partition coefficient (Wildman–Crippen LogP) is 2.02. The van der Waals surface area contributed by atoms with Crippen LogP contribution in [0.3, 0.4) is 0 Å². The van der Waals surface area contributed by atoms with Crippen molar-refractivity contribution in [1.29, 1.82) is 0 Å². The molecule has 2 aliphatic heterocycles. The minimum absolute atomic E-state index is 0.126. The van der Waals surface area contributed by atoms with Crippen LogP contribution in [0.4, 0.5) is 5.69 Å². The third-order valence-electron chi connectivity index (χ3n) is 4.21. The van der Waals surface area contributed by atoms with Gasteiger partial charge in [0, 0.05) is 30.1 Å². The molecular weight excluding hydrogens is 336 g/mol. The number of nitrogens with zero attached hydrogens (tertiary/aromatic N) is 1. The summed E-state index contributed by atoms with van der Waals surface area (Å²) < 4.78 is 6.44. The number of morpholine rings is 1. The van der Waals surface area contributed by atoms with Gasteiger partial charge in [-0.25, -0.2) is 0 Å². The van der Waals surface area contributed by atoms with E-state index in [0.29, 0.717) is 13.0 Å². The van der Waals surface area contributed by atoms with Crippen LogP contribution >= 0.6 is 15.9 Å². The zero-order valence-corrected chi connectivity index (χ0v) is 13.3. The SMILES string of the molecule is O=C(O)C1CNC(c2ccc(N3CCOCC3)c(Br)c2)C1. The Kier molecular flexibility index (Phi) is 4.47. The molecule has 0 spiro atoms. The van der Waals surface area contributed by atoms with E-state index in [1.165, 1.54) is 5.69 Å². The molecule has 3 rings (SSSR count). The molecule has 0 radical (unpaired) electrons. The van der Waals surface area contributed by atoms with E-state index in [-0.39, 0.29) is 12.0 Å². The Hall–Kier alpha value is -1.11. The standard InChI is InChI=1S/C15H19BrN2O3/c16-12-7-10(13-8-11(9-17-13)15(19)20)1-2-14(12)18-3-5-21-6-4-18/h1-2,7,11,13,17H,3-6,8-9H2,(H,19,20). The number of carbonyl (C=O) groups is 1. The van der Waals surface area contributed by atoms with E-state index in [1.807, 2.05) is 0 Å². The first-order chi connectivity index (χ1) is 10.1. The lowest BCUT2D eigenvalue weighted by molar-refractivity contribution is -0.141. The minimum atomic E-state index is -0.714. The van der Waals surface area contributed by atoms with Gasteiger partial charge in [-0.3, -0.25) is 4.79 Å². The maximum absolute atomic E-state index is 11.0. The van der Waals surface area contributed by atoms with Crippen molar-refractivity contribution in [1.82, 2.24) is 5.32 Å². The van der Waals surface area contributed by atoms with Gasteiger partial charge in [0.1, 0.15) is 0 Å². The van der Waals surface area contributed by atoms with Gasteiger partial charge >= 0.3 is 5.97 Å². The van der Waals surface area contributed by atoms with Crippen molar-refractivity contribution in [3.05, 3.63) is 28.2 Å². The molecule has 1 aromatic carbocycles. The van der Waals surface area contributed by atoms with E-state index >= 15 is 0 Å². The van der Waals surface area contributed by atoms with Crippen LogP contribution in [0.15, 0.2) is 22.7 Å². The highest BCUT2D eigenvalue weighted by molar-refractivity contribution is 9.10. The zero-order chi connectivity index (χ0) is 14.8. The molecule has 2 saturated heterocycles. The average molecular weight is 355 g/mol. The monoisotopic (exact) mass is 354 g/mol. The van der Waals surface area contributed by atoms with Gasteiger partial charge in [0.15, 0.2) is 0 Å². The summed E-state index contributed by atoms with van der Waals surface area (Å²) in [6, 6.07) is 6.44. The van der Waals surface area contributed by atoms with E-state index < -0.39 is 5.97 Å². The lowest BCUT2D eigenvalue weighted by Gasteiger charge is -2.30. The summed E-state index contributed by atoms with van der Waals surface area (Å²) in [6.07, 6.45) is 0.651. The van der Waals surface area contributed by atoms with Crippen molar-refractivity contribution in [3.8, 4) is 0 Å². The van der Waals surface area contributed by atoms with Gasteiger partial charge in [-0.1, -0.05) is 6.07 Å². The van der Waals surface area contributed by atoms with Crippen LogP contribution in [-0.4, -0.2) is 43.9 Å². The number of ether oxygens (including phenoxy) is 1. The van der Waals surface area contributed by atoms with E-state index in [2.05, 4.69) is 44.3 Å². The van der Waals surface area contributed by atoms with Gasteiger partial charge in [0.05, 0.1) is 24.8 Å². The first kappa shape index (κ1) is 14.8. The number of aliphatic carboxylic acids is 1. The molecular formula is C15H19BrN2O3. The molecule has 0 aromatic heterocycles. The van der Waals surface area contributed by atoms with Gasteiger partial charge < -0.3 is 20.1 Å². The van der Waals surface area contributed by atoms with Crippen LogP contribution in [0.2, 0.25) is 0 Å². The Morgan fingerprint density at radius 1 is 1.38 bits per heavy atom. The van der Waals surface area contributed by atoms with Crippen LogP contribution in [-0.2, 0) is 9.53 Å². The Morgan fingerprint density at radius 2 is 2.14 bits per heavy atom. The molecule has 21 heavy (non-hydrogen) atoms. The first-order valence-electron chi connectivity index (χ1n) is 7.23. The van der Waals surface area contributed by atoms with Crippen molar-refractivity contribution in [3.63, 3.8) is 0 Å². The average Bonchev–Trinajstić information content (AvgIpc) is 2.98. The highest BCUT2D eigenvalue weighted by Crippen LogP contribution is 2.33. The lowest BCUT2D eigenvalue weighted by Crippen LogP contribution is -2.36. The molecule has 2 heterocycles. The van der Waals surface area contributed by atoms with E-state index in [9.17, 15) is 4.79 Å². The Balaban J connectivity index is 1.73. The fraction of sp³-hybridized carbons (Fsp3) is 0.533. The van der Waals surface area contributed by atoms with Crippen molar-refractivity contribution < 1.29 is 14.6 Å². The molecule has 2 atom stereocenters. The van der Waals surface area contributed by atoms with Crippen LogP contribution in [0.1, 0.15) is 18.0 Å². The van der Waals surface area contributed by atoms with Crippen molar-refractivity contribution in [2.24, 2.45) is 5.92 Å². The normalized spacial score (nSPS) is 26.0. The predicted molar refractivity (Wildman–Crippen MR) is 83.7 cm³/mol. The van der Waals surface area contributed by atoms with E-state index in [4.69, 9.17) is 9.84 Å². The van der Waals surface area contributed by atoms with Crippen molar-refractivity contribution in [2.45, 2.75) is 12.5 Å². The quantitative estimate of drug-likeness (QED) is 0.869. The van der Waals surface area contributed by atoms with Crippen LogP contribution in [0.5, 0.6) is 0 Å². The number of rotatable bonds is 3. The number of nitrogens with one attached hydrogen (secondary N) is 1. The van der Waals surface area contributed by atoms with Crippen LogP contribution in [0.25, 0.3) is 0 Å². The Labute approximate surface area is 132 Å². The lowest BCUT2D eigenvalue weighted by atomic mass is 10.00. The van der Waals surface area contributed by atoms with E-state index in [0.717, 1.165) is 36.3 Å². The highest BCUT2D eigenvalue weighted by Gasteiger charge is 2.30. The first-order valence-corrected chi connectivity index (χ1v) is 8.03. The summed E-state index contributed by atoms with van der Waals surface area (Å²) >= 11 is 3.65. The molecule has 2 N–H and O–H groups in total. The second-order valence-corrected chi connectivity index (χ2v) is 6.40. The van der Waals surface area contributed by atoms with Crippen molar-refractivity contribution in [2.75, 3.05) is 37.7 Å². The smallest absolute Gasteiger partial charge is 0.307 e. The third kappa shape index (κ3) is 3.22. The van der Waals surface area contributed by atoms with E-state index in [1.54, 1.807) is 0 Å². The molecule has 2 unspecified atom stereocenters. The van der Waals surface area contributed by atoms with Crippen LogP contribution in [0, 0.1) is 5.92 Å². The largest absolute Gasteiger partial charge is 0.481 e. The number of benzene rings is 1. The fourth-order valence-corrected chi connectivity index (χ4v) is 3.63. The van der Waals surface area contributed by atoms with Gasteiger partial charge in [-0.05, 0) is 40.0 Å². The number of anilines is 1. The van der Waals surface area contributed by atoms with Crippen molar-refractivity contribution >= 4 is 27.6 Å². The van der Waals surface area contributed by atoms with Gasteiger partial charge in [-0.2, -0.15) is 0 Å². The molecule has 114 valence electrons. The summed E-state index contributed by atoms with van der Waals surface area (Å²) in [5, 5.41) is 12.4. The molecule has 5 nitrogen and oxygen atoms in total. The second kappa shape index (κ2) is 6.34. The minimum Gasteiger partial charge on any atom is -0.481 e. The zero-order valence-electron chi connectivity index (χ0n) is 11.7. The molecule has 0 saturated carbocycles. The fourth-order valence-electron chi connectivity index (χ4n) is 2.98.